The maximum Gasteiger partial charge on any atom is 0.409 e. The Labute approximate surface area is 153 Å². The summed E-state index contributed by atoms with van der Waals surface area (Å²) in [6.07, 6.45) is 1.38. The van der Waals surface area contributed by atoms with Crippen LogP contribution in [0.5, 0.6) is 5.75 Å². The van der Waals surface area contributed by atoms with Crippen molar-refractivity contribution < 1.29 is 14.3 Å². The summed E-state index contributed by atoms with van der Waals surface area (Å²) in [5, 5.41) is 3.83. The van der Waals surface area contributed by atoms with Crippen LogP contribution in [0.1, 0.15) is 19.8 Å². The molecule has 0 aliphatic carbocycles. The van der Waals surface area contributed by atoms with E-state index in [1.165, 1.54) is 0 Å². The predicted molar refractivity (Wildman–Crippen MR) is 98.2 cm³/mol. The molecule has 0 radical (unpaired) electrons. The van der Waals surface area contributed by atoms with Gasteiger partial charge in [-0.25, -0.2) is 9.79 Å². The first-order valence-corrected chi connectivity index (χ1v) is 8.82. The second-order valence-corrected chi connectivity index (χ2v) is 6.11. The number of amides is 1. The SMILES string of the molecule is CCOC(=O)N1CCC(NC(N)=NCCOc2cccc(Cl)c2)CC1. The number of carbonyl (C=O) groups is 1. The molecule has 0 spiro atoms. The summed E-state index contributed by atoms with van der Waals surface area (Å²) in [4.78, 5) is 17.6. The van der Waals surface area contributed by atoms with E-state index in [9.17, 15) is 4.79 Å². The number of piperidine rings is 1. The van der Waals surface area contributed by atoms with Crippen LogP contribution in [0.4, 0.5) is 4.79 Å². The van der Waals surface area contributed by atoms with Crippen LogP contribution in [0.15, 0.2) is 29.3 Å². The molecule has 1 amide bonds. The van der Waals surface area contributed by atoms with Crippen LogP contribution in [-0.4, -0.2) is 55.8 Å². The fourth-order valence-corrected chi connectivity index (χ4v) is 2.74. The van der Waals surface area contributed by atoms with Crippen molar-refractivity contribution in [1.29, 1.82) is 0 Å². The monoisotopic (exact) mass is 368 g/mol. The Morgan fingerprint density at radius 1 is 1.44 bits per heavy atom. The van der Waals surface area contributed by atoms with Gasteiger partial charge in [-0.05, 0) is 38.0 Å². The number of nitrogens with two attached hydrogens (primary N) is 1. The molecule has 7 nitrogen and oxygen atoms in total. The van der Waals surface area contributed by atoms with Crippen LogP contribution in [0.3, 0.4) is 0 Å². The third-order valence-electron chi connectivity index (χ3n) is 3.81. The highest BCUT2D eigenvalue weighted by Crippen LogP contribution is 2.16. The van der Waals surface area contributed by atoms with Gasteiger partial charge in [-0.1, -0.05) is 17.7 Å². The van der Waals surface area contributed by atoms with Crippen molar-refractivity contribution in [1.82, 2.24) is 10.2 Å². The number of benzene rings is 1. The molecule has 1 saturated heterocycles. The quantitative estimate of drug-likeness (QED) is 0.456. The lowest BCUT2D eigenvalue weighted by atomic mass is 10.1. The second kappa shape index (κ2) is 9.98. The maximum absolute atomic E-state index is 11.7. The smallest absolute Gasteiger partial charge is 0.409 e. The third-order valence-corrected chi connectivity index (χ3v) is 4.05. The number of ether oxygens (including phenoxy) is 2. The molecule has 1 aromatic carbocycles. The number of nitrogens with one attached hydrogen (secondary N) is 1. The zero-order valence-electron chi connectivity index (χ0n) is 14.4. The van der Waals surface area contributed by atoms with Gasteiger partial charge in [-0.2, -0.15) is 0 Å². The Kier molecular flexibility index (Phi) is 7.66. The summed E-state index contributed by atoms with van der Waals surface area (Å²) in [5.41, 5.74) is 5.91. The minimum absolute atomic E-state index is 0.211. The Morgan fingerprint density at radius 3 is 2.88 bits per heavy atom. The van der Waals surface area contributed by atoms with E-state index in [0.29, 0.717) is 49.6 Å². The van der Waals surface area contributed by atoms with Crippen molar-refractivity contribution in [2.24, 2.45) is 10.7 Å². The average molecular weight is 369 g/mol. The highest BCUT2D eigenvalue weighted by Gasteiger charge is 2.23. The van der Waals surface area contributed by atoms with Crippen molar-refractivity contribution in [2.75, 3.05) is 32.8 Å². The minimum atomic E-state index is -0.249. The summed E-state index contributed by atoms with van der Waals surface area (Å²) in [5.74, 6) is 1.10. The highest BCUT2D eigenvalue weighted by molar-refractivity contribution is 6.30. The fourth-order valence-electron chi connectivity index (χ4n) is 2.56. The van der Waals surface area contributed by atoms with Crippen molar-refractivity contribution in [2.45, 2.75) is 25.8 Å². The van der Waals surface area contributed by atoms with Gasteiger partial charge in [0, 0.05) is 24.2 Å². The van der Waals surface area contributed by atoms with Gasteiger partial charge in [0.2, 0.25) is 0 Å². The number of halogens is 1. The molecule has 1 aromatic rings. The van der Waals surface area contributed by atoms with E-state index in [0.717, 1.165) is 12.8 Å². The van der Waals surface area contributed by atoms with Crippen LogP contribution in [0, 0.1) is 0 Å². The Bertz CT molecular complexity index is 589. The molecule has 138 valence electrons. The van der Waals surface area contributed by atoms with Gasteiger partial charge in [0.25, 0.3) is 0 Å². The van der Waals surface area contributed by atoms with Crippen LogP contribution >= 0.6 is 11.6 Å². The first-order chi connectivity index (χ1) is 12.1. The van der Waals surface area contributed by atoms with Gasteiger partial charge in [-0.3, -0.25) is 0 Å². The third kappa shape index (κ3) is 6.70. The van der Waals surface area contributed by atoms with Gasteiger partial charge in [-0.15, -0.1) is 0 Å². The van der Waals surface area contributed by atoms with E-state index < -0.39 is 0 Å². The number of nitrogens with zero attached hydrogens (tertiary/aromatic N) is 2. The van der Waals surface area contributed by atoms with Gasteiger partial charge in [0.15, 0.2) is 5.96 Å². The number of hydrogen-bond acceptors (Lipinski definition) is 4. The van der Waals surface area contributed by atoms with Gasteiger partial charge in [0.1, 0.15) is 12.4 Å². The van der Waals surface area contributed by atoms with Crippen molar-refractivity contribution in [3.05, 3.63) is 29.3 Å². The van der Waals surface area contributed by atoms with Crippen LogP contribution in [0.2, 0.25) is 5.02 Å². The molecular formula is C17H25ClN4O3. The van der Waals surface area contributed by atoms with E-state index in [2.05, 4.69) is 10.3 Å². The standard InChI is InChI=1S/C17H25ClN4O3/c1-2-24-17(23)22-9-6-14(7-10-22)21-16(19)20-8-11-25-15-5-3-4-13(18)12-15/h3-5,12,14H,2,6-11H2,1H3,(H3,19,20,21). The number of carbonyl (C=O) groups excluding carboxylic acids is 1. The van der Waals surface area contributed by atoms with Crippen molar-refractivity contribution in [3.8, 4) is 5.75 Å². The highest BCUT2D eigenvalue weighted by atomic mass is 35.5. The van der Waals surface area contributed by atoms with E-state index in [4.69, 9.17) is 26.8 Å². The average Bonchev–Trinajstić information content (AvgIpc) is 2.60. The molecule has 0 saturated carbocycles. The number of rotatable bonds is 6. The molecule has 1 heterocycles. The maximum atomic E-state index is 11.7. The Hall–Kier alpha value is -2.15. The van der Waals surface area contributed by atoms with E-state index in [1.54, 1.807) is 24.0 Å². The van der Waals surface area contributed by atoms with E-state index in [-0.39, 0.29) is 12.1 Å². The van der Waals surface area contributed by atoms with Crippen molar-refractivity contribution in [3.63, 3.8) is 0 Å². The molecule has 0 aromatic heterocycles. The number of aliphatic imine (C=N–C) groups is 1. The summed E-state index contributed by atoms with van der Waals surface area (Å²) in [6.45, 7) is 4.38. The Morgan fingerprint density at radius 2 is 2.20 bits per heavy atom. The molecule has 0 unspecified atom stereocenters. The molecule has 0 bridgehead atoms. The summed E-state index contributed by atoms with van der Waals surface area (Å²) in [7, 11) is 0. The molecule has 2 rings (SSSR count). The lowest BCUT2D eigenvalue weighted by Gasteiger charge is -2.31. The van der Waals surface area contributed by atoms with Gasteiger partial charge < -0.3 is 25.4 Å². The fraction of sp³-hybridized carbons (Fsp3) is 0.529. The second-order valence-electron chi connectivity index (χ2n) is 5.68. The predicted octanol–water partition coefficient (Wildman–Crippen LogP) is 2.24. The lowest BCUT2D eigenvalue weighted by molar-refractivity contribution is 0.0963. The summed E-state index contributed by atoms with van der Waals surface area (Å²) >= 11 is 5.89. The summed E-state index contributed by atoms with van der Waals surface area (Å²) < 4.78 is 10.6. The van der Waals surface area contributed by atoms with Gasteiger partial charge >= 0.3 is 6.09 Å². The molecule has 25 heavy (non-hydrogen) atoms. The normalized spacial score (nSPS) is 15.8. The zero-order valence-corrected chi connectivity index (χ0v) is 15.2. The summed E-state index contributed by atoms with van der Waals surface area (Å²) in [6, 6.07) is 7.43. The van der Waals surface area contributed by atoms with Crippen LogP contribution in [-0.2, 0) is 4.74 Å². The van der Waals surface area contributed by atoms with Crippen LogP contribution < -0.4 is 15.8 Å². The first kappa shape index (κ1) is 19.2. The zero-order chi connectivity index (χ0) is 18.1. The Balaban J connectivity index is 1.65. The number of hydrogen-bond donors (Lipinski definition) is 2. The number of guanidine groups is 1. The first-order valence-electron chi connectivity index (χ1n) is 8.45. The lowest BCUT2D eigenvalue weighted by Crippen LogP contribution is -2.48. The van der Waals surface area contributed by atoms with Gasteiger partial charge in [0.05, 0.1) is 13.2 Å². The molecule has 1 aliphatic heterocycles. The van der Waals surface area contributed by atoms with Crippen molar-refractivity contribution >= 4 is 23.7 Å². The molecular weight excluding hydrogens is 344 g/mol. The minimum Gasteiger partial charge on any atom is -0.492 e. The van der Waals surface area contributed by atoms with E-state index in [1.807, 2.05) is 12.1 Å². The van der Waals surface area contributed by atoms with E-state index >= 15 is 0 Å². The molecule has 8 heteroatoms. The topological polar surface area (TPSA) is 89.2 Å². The molecule has 0 atom stereocenters. The number of likely N-dealkylation sites (tertiary alicyclic amines) is 1. The van der Waals surface area contributed by atoms with Crippen LogP contribution in [0.25, 0.3) is 0 Å². The molecule has 1 aliphatic rings. The largest absolute Gasteiger partial charge is 0.492 e. The molecule has 3 N–H and O–H groups in total. The molecule has 1 fully saturated rings.